The smallest absolute Gasteiger partial charge is 0.0968 e. The largest absolute Gasteiger partial charge is 0.398 e. The second kappa shape index (κ2) is 5.32. The van der Waals surface area contributed by atoms with E-state index in [1.54, 1.807) is 6.20 Å². The number of hydrazine groups is 1. The van der Waals surface area contributed by atoms with Gasteiger partial charge in [0.25, 0.3) is 0 Å². The Morgan fingerprint density at radius 3 is 2.89 bits per heavy atom. The number of ether oxygens (including phenoxy) is 1. The zero-order valence-corrected chi connectivity index (χ0v) is 12.0. The number of rotatable bonds is 2. The molecule has 0 saturated carbocycles. The van der Waals surface area contributed by atoms with Crippen molar-refractivity contribution in [1.29, 1.82) is 0 Å². The highest BCUT2D eigenvalue weighted by atomic mass is 79.9. The Morgan fingerprint density at radius 2 is 2.11 bits per heavy atom. The number of pyridine rings is 1. The number of benzene rings is 1. The molecule has 2 aromatic rings. The van der Waals surface area contributed by atoms with Crippen LogP contribution in [0.25, 0.3) is 10.9 Å². The number of nitrogen functional groups attached to an aromatic ring is 1. The lowest BCUT2D eigenvalue weighted by Gasteiger charge is -2.28. The van der Waals surface area contributed by atoms with Gasteiger partial charge in [0.05, 0.1) is 24.4 Å². The molecule has 1 aliphatic heterocycles. The maximum absolute atomic E-state index is 6.00. The molecule has 0 bridgehead atoms. The van der Waals surface area contributed by atoms with Crippen LogP contribution in [-0.2, 0) is 4.74 Å². The molecule has 3 N–H and O–H groups in total. The van der Waals surface area contributed by atoms with Gasteiger partial charge in [-0.1, -0.05) is 0 Å². The number of hydrogen-bond acceptors (Lipinski definition) is 5. The van der Waals surface area contributed by atoms with Gasteiger partial charge in [-0.05, 0) is 34.1 Å². The van der Waals surface area contributed by atoms with Crippen molar-refractivity contribution in [2.75, 3.05) is 37.5 Å². The molecule has 3 rings (SSSR count). The molecule has 1 fully saturated rings. The third-order valence-electron chi connectivity index (χ3n) is 3.14. The predicted octanol–water partition coefficient (Wildman–Crippen LogP) is 2.24. The second-order valence-corrected chi connectivity index (χ2v) is 5.38. The molecule has 19 heavy (non-hydrogen) atoms. The first-order valence-corrected chi connectivity index (χ1v) is 6.96. The van der Waals surface area contributed by atoms with E-state index in [-0.39, 0.29) is 0 Å². The van der Waals surface area contributed by atoms with Crippen LogP contribution in [0.4, 0.5) is 11.4 Å². The summed E-state index contributed by atoms with van der Waals surface area (Å²) in [4.78, 5) is 4.46. The molecule has 0 aliphatic carbocycles. The molecular weight excluding hydrogens is 308 g/mol. The summed E-state index contributed by atoms with van der Waals surface area (Å²) in [5.74, 6) is 0. The Hall–Kier alpha value is -1.37. The van der Waals surface area contributed by atoms with Crippen LogP contribution in [-0.4, -0.2) is 36.3 Å². The number of nitrogens with two attached hydrogens (primary N) is 1. The van der Waals surface area contributed by atoms with Crippen molar-refractivity contribution in [3.8, 4) is 0 Å². The number of nitrogens with one attached hydrogen (secondary N) is 1. The number of morpholine rings is 1. The minimum Gasteiger partial charge on any atom is -0.398 e. The number of aromatic nitrogens is 1. The predicted molar refractivity (Wildman–Crippen MR) is 79.9 cm³/mol. The molecule has 5 nitrogen and oxygen atoms in total. The van der Waals surface area contributed by atoms with Gasteiger partial charge in [0.15, 0.2) is 0 Å². The average Bonchev–Trinajstić information content (AvgIpc) is 2.43. The second-order valence-electron chi connectivity index (χ2n) is 4.46. The fourth-order valence-electron chi connectivity index (χ4n) is 2.15. The van der Waals surface area contributed by atoms with E-state index < -0.39 is 0 Å². The highest BCUT2D eigenvalue weighted by Crippen LogP contribution is 2.29. The number of anilines is 2. The Morgan fingerprint density at radius 1 is 1.32 bits per heavy atom. The molecule has 1 saturated heterocycles. The van der Waals surface area contributed by atoms with E-state index in [0.717, 1.165) is 53.1 Å². The lowest BCUT2D eigenvalue weighted by Crippen LogP contribution is -2.40. The summed E-state index contributed by atoms with van der Waals surface area (Å²) in [7, 11) is 0. The van der Waals surface area contributed by atoms with E-state index >= 15 is 0 Å². The fourth-order valence-corrected chi connectivity index (χ4v) is 2.48. The van der Waals surface area contributed by atoms with Gasteiger partial charge in [0.1, 0.15) is 0 Å². The quantitative estimate of drug-likeness (QED) is 0.830. The van der Waals surface area contributed by atoms with Crippen molar-refractivity contribution in [3.63, 3.8) is 0 Å². The van der Waals surface area contributed by atoms with Crippen LogP contribution >= 0.6 is 15.9 Å². The van der Waals surface area contributed by atoms with Crippen LogP contribution in [0.2, 0.25) is 0 Å². The zero-order valence-electron chi connectivity index (χ0n) is 10.4. The van der Waals surface area contributed by atoms with Crippen LogP contribution in [0.15, 0.2) is 28.9 Å². The van der Waals surface area contributed by atoms with Crippen molar-refractivity contribution >= 4 is 38.2 Å². The van der Waals surface area contributed by atoms with Gasteiger partial charge in [-0.15, -0.1) is 0 Å². The molecule has 1 aromatic heterocycles. The van der Waals surface area contributed by atoms with Gasteiger partial charge in [-0.3, -0.25) is 4.98 Å². The van der Waals surface area contributed by atoms with Crippen molar-refractivity contribution in [3.05, 3.63) is 28.9 Å². The van der Waals surface area contributed by atoms with Crippen LogP contribution in [0.3, 0.4) is 0 Å². The Labute approximate surface area is 119 Å². The molecule has 0 spiro atoms. The topological polar surface area (TPSA) is 63.4 Å². The third kappa shape index (κ3) is 2.65. The van der Waals surface area contributed by atoms with Crippen LogP contribution in [0, 0.1) is 0 Å². The molecule has 0 radical (unpaired) electrons. The molecule has 2 heterocycles. The number of nitrogens with zero attached hydrogens (tertiary/aromatic N) is 2. The molecule has 0 atom stereocenters. The summed E-state index contributed by atoms with van der Waals surface area (Å²) in [5, 5.41) is 3.09. The maximum atomic E-state index is 6.00. The van der Waals surface area contributed by atoms with Crippen LogP contribution < -0.4 is 11.2 Å². The molecule has 0 amide bonds. The monoisotopic (exact) mass is 322 g/mol. The van der Waals surface area contributed by atoms with Crippen molar-refractivity contribution in [1.82, 2.24) is 9.99 Å². The fraction of sp³-hybridized carbons (Fsp3) is 0.308. The van der Waals surface area contributed by atoms with Crippen molar-refractivity contribution in [2.45, 2.75) is 0 Å². The van der Waals surface area contributed by atoms with Gasteiger partial charge >= 0.3 is 0 Å². The zero-order chi connectivity index (χ0) is 13.2. The van der Waals surface area contributed by atoms with Gasteiger partial charge in [0, 0.05) is 34.8 Å². The maximum Gasteiger partial charge on any atom is 0.0968 e. The van der Waals surface area contributed by atoms with E-state index in [4.69, 9.17) is 10.5 Å². The number of hydrogen-bond donors (Lipinski definition) is 2. The molecule has 0 unspecified atom stereocenters. The highest BCUT2D eigenvalue weighted by molar-refractivity contribution is 9.10. The lowest BCUT2D eigenvalue weighted by molar-refractivity contribution is 0.0497. The summed E-state index contributed by atoms with van der Waals surface area (Å²) in [5.41, 5.74) is 12.0. The minimum atomic E-state index is 0.733. The molecule has 1 aromatic carbocycles. The first-order chi connectivity index (χ1) is 9.24. The Bertz CT molecular complexity index is 598. The molecule has 100 valence electrons. The summed E-state index contributed by atoms with van der Waals surface area (Å²) >= 11 is 3.42. The number of fused-ring (bicyclic) bond motifs is 1. The van der Waals surface area contributed by atoms with Gasteiger partial charge in [-0.25, -0.2) is 5.01 Å². The first-order valence-electron chi connectivity index (χ1n) is 6.17. The summed E-state index contributed by atoms with van der Waals surface area (Å²) in [6.07, 6.45) is 1.78. The highest BCUT2D eigenvalue weighted by Gasteiger charge is 2.12. The van der Waals surface area contributed by atoms with E-state index in [2.05, 4.69) is 31.3 Å². The average molecular weight is 323 g/mol. The lowest BCUT2D eigenvalue weighted by atomic mass is 10.1. The molecule has 1 aliphatic rings. The van der Waals surface area contributed by atoms with Gasteiger partial charge in [-0.2, -0.15) is 0 Å². The standard InChI is InChI=1S/C13H15BrN4O/c14-9-7-10-11(15)1-2-12(13(10)16-8-9)17-18-3-5-19-6-4-18/h1-2,7-8,17H,3-6,15H2. The Balaban J connectivity index is 1.96. The molecular formula is C13H15BrN4O. The van der Waals surface area contributed by atoms with E-state index in [1.807, 2.05) is 18.2 Å². The Kier molecular flexibility index (Phi) is 3.54. The van der Waals surface area contributed by atoms with Gasteiger partial charge < -0.3 is 15.9 Å². The van der Waals surface area contributed by atoms with Crippen molar-refractivity contribution < 1.29 is 4.74 Å². The van der Waals surface area contributed by atoms with E-state index in [1.165, 1.54) is 0 Å². The van der Waals surface area contributed by atoms with Crippen molar-refractivity contribution in [2.24, 2.45) is 0 Å². The summed E-state index contributed by atoms with van der Waals surface area (Å²) in [6.45, 7) is 3.22. The first kappa shape index (κ1) is 12.7. The van der Waals surface area contributed by atoms with Gasteiger partial charge in [0.2, 0.25) is 0 Å². The SMILES string of the molecule is Nc1ccc(NN2CCOCC2)c2ncc(Br)cc12. The van der Waals surface area contributed by atoms with Crippen LogP contribution in [0.5, 0.6) is 0 Å². The summed E-state index contributed by atoms with van der Waals surface area (Å²) in [6, 6.07) is 5.86. The number of halogens is 1. The molecule has 6 heteroatoms. The summed E-state index contributed by atoms with van der Waals surface area (Å²) < 4.78 is 6.26. The van der Waals surface area contributed by atoms with Crippen LogP contribution in [0.1, 0.15) is 0 Å². The normalized spacial score (nSPS) is 16.7. The van der Waals surface area contributed by atoms with E-state index in [9.17, 15) is 0 Å². The van der Waals surface area contributed by atoms with E-state index in [0.29, 0.717) is 0 Å². The third-order valence-corrected chi connectivity index (χ3v) is 3.57. The minimum absolute atomic E-state index is 0.733.